The molecule has 1 aromatic rings. The van der Waals surface area contributed by atoms with Crippen LogP contribution in [0.1, 0.15) is 38.2 Å². The number of hydrogen-bond donors (Lipinski definition) is 1. The van der Waals surface area contributed by atoms with Crippen molar-refractivity contribution < 1.29 is 23.9 Å². The van der Waals surface area contributed by atoms with E-state index >= 15 is 0 Å². The Morgan fingerprint density at radius 3 is 2.28 bits per heavy atom. The number of likely N-dealkylation sites (tertiary alicyclic amines) is 1. The number of fused-ring (bicyclic) bond motifs is 1. The Hall–Kier alpha value is -2.96. The number of allylic oxidation sites excluding steroid dienone is 2. The van der Waals surface area contributed by atoms with Gasteiger partial charge in [-0.1, -0.05) is 37.6 Å². The van der Waals surface area contributed by atoms with E-state index in [0.29, 0.717) is 18.5 Å². The van der Waals surface area contributed by atoms with Gasteiger partial charge in [-0.25, -0.2) is 0 Å². The maximum Gasteiger partial charge on any atom is 0.326 e. The number of anilines is 1. The van der Waals surface area contributed by atoms with E-state index in [2.05, 4.69) is 12.2 Å². The van der Waals surface area contributed by atoms with Gasteiger partial charge in [-0.3, -0.25) is 24.1 Å². The second kappa shape index (κ2) is 9.49. The van der Waals surface area contributed by atoms with Crippen LogP contribution >= 0.6 is 0 Å². The third kappa shape index (κ3) is 5.10. The standard InChI is InChI=1S/C22H26N2O5/c1-2-3-6-15-9-11-16(12-10-15)23-19(25)14-29-20(26)13-24-21(27)17-7-4-5-8-18(17)22(24)28/h4-5,9-12,17-18H,2-3,6-8,13-14H2,1H3,(H,23,25)/t17-,18-/m1/s1. The predicted octanol–water partition coefficient (Wildman–Crippen LogP) is 2.46. The number of imide groups is 1. The fourth-order valence-electron chi connectivity index (χ4n) is 3.68. The van der Waals surface area contributed by atoms with E-state index in [-0.39, 0.29) is 23.7 Å². The summed E-state index contributed by atoms with van der Waals surface area (Å²) in [6.07, 6.45) is 8.02. The molecule has 0 radical (unpaired) electrons. The van der Waals surface area contributed by atoms with E-state index in [4.69, 9.17) is 4.74 Å². The van der Waals surface area contributed by atoms with Crippen molar-refractivity contribution in [1.29, 1.82) is 0 Å². The lowest BCUT2D eigenvalue weighted by atomic mass is 9.85. The first-order chi connectivity index (χ1) is 14.0. The molecule has 1 aliphatic heterocycles. The van der Waals surface area contributed by atoms with Crippen molar-refractivity contribution in [3.63, 3.8) is 0 Å². The number of rotatable bonds is 8. The highest BCUT2D eigenvalue weighted by atomic mass is 16.5. The highest BCUT2D eigenvalue weighted by molar-refractivity contribution is 6.07. The summed E-state index contributed by atoms with van der Waals surface area (Å²) >= 11 is 0. The average Bonchev–Trinajstić information content (AvgIpc) is 2.97. The van der Waals surface area contributed by atoms with Crippen LogP contribution in [0.15, 0.2) is 36.4 Å². The van der Waals surface area contributed by atoms with Crippen LogP contribution in [0.5, 0.6) is 0 Å². The molecule has 2 atom stereocenters. The lowest BCUT2D eigenvalue weighted by Crippen LogP contribution is -2.37. The number of aryl methyl sites for hydroxylation is 1. The molecule has 29 heavy (non-hydrogen) atoms. The van der Waals surface area contributed by atoms with Crippen molar-refractivity contribution in [1.82, 2.24) is 4.90 Å². The Kier molecular flexibility index (Phi) is 6.80. The Labute approximate surface area is 170 Å². The first-order valence-electron chi connectivity index (χ1n) is 10.0. The van der Waals surface area contributed by atoms with Crippen LogP contribution in [-0.2, 0) is 30.3 Å². The second-order valence-corrected chi connectivity index (χ2v) is 7.43. The molecule has 3 amide bonds. The second-order valence-electron chi connectivity index (χ2n) is 7.43. The molecule has 1 heterocycles. The Morgan fingerprint density at radius 2 is 1.69 bits per heavy atom. The molecule has 0 bridgehead atoms. The SMILES string of the molecule is CCCCc1ccc(NC(=O)COC(=O)CN2C(=O)[C@@H]3CC=CC[C@H]3C2=O)cc1. The van der Waals surface area contributed by atoms with Crippen molar-refractivity contribution >= 4 is 29.4 Å². The molecule has 1 aromatic carbocycles. The average molecular weight is 398 g/mol. The molecular formula is C22H26N2O5. The van der Waals surface area contributed by atoms with E-state index in [9.17, 15) is 19.2 Å². The van der Waals surface area contributed by atoms with Gasteiger partial charge in [0.25, 0.3) is 5.91 Å². The van der Waals surface area contributed by atoms with E-state index in [1.54, 1.807) is 0 Å². The van der Waals surface area contributed by atoms with Crippen molar-refractivity contribution in [3.05, 3.63) is 42.0 Å². The van der Waals surface area contributed by atoms with E-state index in [1.807, 2.05) is 36.4 Å². The summed E-state index contributed by atoms with van der Waals surface area (Å²) in [6, 6.07) is 7.52. The van der Waals surface area contributed by atoms with E-state index < -0.39 is 25.0 Å². The molecule has 0 aromatic heterocycles. The minimum atomic E-state index is -0.775. The van der Waals surface area contributed by atoms with Crippen LogP contribution < -0.4 is 5.32 Å². The van der Waals surface area contributed by atoms with Crippen molar-refractivity contribution in [2.24, 2.45) is 11.8 Å². The van der Waals surface area contributed by atoms with Crippen molar-refractivity contribution in [2.75, 3.05) is 18.5 Å². The van der Waals surface area contributed by atoms with Crippen LogP contribution in [0.25, 0.3) is 0 Å². The van der Waals surface area contributed by atoms with Crippen LogP contribution in [-0.4, -0.2) is 41.7 Å². The smallest absolute Gasteiger partial charge is 0.326 e. The third-order valence-corrected chi connectivity index (χ3v) is 5.31. The van der Waals surface area contributed by atoms with Gasteiger partial charge in [0.1, 0.15) is 6.54 Å². The summed E-state index contributed by atoms with van der Waals surface area (Å²) in [5.74, 6) is -2.70. The molecule has 1 fully saturated rings. The monoisotopic (exact) mass is 398 g/mol. The predicted molar refractivity (Wildman–Crippen MR) is 107 cm³/mol. The number of hydrogen-bond acceptors (Lipinski definition) is 5. The number of nitrogens with one attached hydrogen (secondary N) is 1. The van der Waals surface area contributed by atoms with Gasteiger partial charge < -0.3 is 10.1 Å². The van der Waals surface area contributed by atoms with Gasteiger partial charge >= 0.3 is 5.97 Å². The molecule has 3 rings (SSSR count). The largest absolute Gasteiger partial charge is 0.454 e. The zero-order valence-electron chi connectivity index (χ0n) is 16.6. The number of unbranched alkanes of at least 4 members (excludes halogenated alkanes) is 1. The number of benzene rings is 1. The summed E-state index contributed by atoms with van der Waals surface area (Å²) in [6.45, 7) is 1.21. The van der Waals surface area contributed by atoms with Gasteiger partial charge in [-0.05, 0) is 43.4 Å². The summed E-state index contributed by atoms with van der Waals surface area (Å²) in [4.78, 5) is 49.7. The highest BCUT2D eigenvalue weighted by Gasteiger charge is 2.47. The van der Waals surface area contributed by atoms with Crippen LogP contribution in [0, 0.1) is 11.8 Å². The third-order valence-electron chi connectivity index (χ3n) is 5.31. The molecular weight excluding hydrogens is 372 g/mol. The van der Waals surface area contributed by atoms with E-state index in [1.165, 1.54) is 5.56 Å². The van der Waals surface area contributed by atoms with E-state index in [0.717, 1.165) is 24.2 Å². The van der Waals surface area contributed by atoms with Gasteiger partial charge in [-0.2, -0.15) is 0 Å². The molecule has 154 valence electrons. The van der Waals surface area contributed by atoms with Crippen molar-refractivity contribution in [3.8, 4) is 0 Å². The maximum atomic E-state index is 12.3. The molecule has 1 saturated heterocycles. The Balaban J connectivity index is 1.44. The Bertz CT molecular complexity index is 789. The lowest BCUT2D eigenvalue weighted by molar-refractivity contribution is -0.154. The first kappa shape index (κ1) is 20.8. The fourth-order valence-corrected chi connectivity index (χ4v) is 3.68. The zero-order valence-corrected chi connectivity index (χ0v) is 16.6. The minimum absolute atomic E-state index is 0.339. The Morgan fingerprint density at radius 1 is 1.07 bits per heavy atom. The number of esters is 1. The number of nitrogens with zero attached hydrogens (tertiary/aromatic N) is 1. The van der Waals surface area contributed by atoms with Crippen LogP contribution in [0.2, 0.25) is 0 Å². The molecule has 0 unspecified atom stereocenters. The topological polar surface area (TPSA) is 92.8 Å². The molecule has 0 spiro atoms. The summed E-state index contributed by atoms with van der Waals surface area (Å²) in [7, 11) is 0. The first-order valence-corrected chi connectivity index (χ1v) is 10.0. The van der Waals surface area contributed by atoms with Gasteiger partial charge in [-0.15, -0.1) is 0 Å². The molecule has 1 aliphatic carbocycles. The quantitative estimate of drug-likeness (QED) is 0.413. The summed E-state index contributed by atoms with van der Waals surface area (Å²) in [5.41, 5.74) is 1.82. The molecule has 7 heteroatoms. The maximum absolute atomic E-state index is 12.3. The lowest BCUT2D eigenvalue weighted by Gasteiger charge is -2.14. The molecule has 2 aliphatic rings. The highest BCUT2D eigenvalue weighted by Crippen LogP contribution is 2.34. The summed E-state index contributed by atoms with van der Waals surface area (Å²) in [5, 5.41) is 2.66. The van der Waals surface area contributed by atoms with Gasteiger partial charge in [0.2, 0.25) is 11.8 Å². The zero-order chi connectivity index (χ0) is 20.8. The molecule has 1 N–H and O–H groups in total. The number of carbonyl (C=O) groups is 4. The number of amides is 3. The molecule has 7 nitrogen and oxygen atoms in total. The fraction of sp³-hybridized carbons (Fsp3) is 0.455. The number of ether oxygens (including phenoxy) is 1. The normalized spacial score (nSPS) is 20.5. The minimum Gasteiger partial charge on any atom is -0.454 e. The molecule has 0 saturated carbocycles. The van der Waals surface area contributed by atoms with Crippen molar-refractivity contribution in [2.45, 2.75) is 39.0 Å². The van der Waals surface area contributed by atoms with Crippen LogP contribution in [0.3, 0.4) is 0 Å². The van der Waals surface area contributed by atoms with Gasteiger partial charge in [0, 0.05) is 5.69 Å². The van der Waals surface area contributed by atoms with Gasteiger partial charge in [0.05, 0.1) is 11.8 Å². The summed E-state index contributed by atoms with van der Waals surface area (Å²) < 4.78 is 4.95. The van der Waals surface area contributed by atoms with Crippen LogP contribution in [0.4, 0.5) is 5.69 Å². The number of carbonyl (C=O) groups excluding carboxylic acids is 4. The van der Waals surface area contributed by atoms with Gasteiger partial charge in [0.15, 0.2) is 6.61 Å².